The molecular formula is C18H16N2O4S. The Balaban J connectivity index is 1.77. The molecule has 3 rings (SSSR count). The van der Waals surface area contributed by atoms with Crippen molar-refractivity contribution in [2.24, 2.45) is 0 Å². The minimum atomic E-state index is -0.482. The van der Waals surface area contributed by atoms with E-state index in [4.69, 9.17) is 9.47 Å². The van der Waals surface area contributed by atoms with Gasteiger partial charge < -0.3 is 14.8 Å². The van der Waals surface area contributed by atoms with Crippen molar-refractivity contribution in [3.05, 3.63) is 48.0 Å². The lowest BCUT2D eigenvalue weighted by Gasteiger charge is -2.11. The van der Waals surface area contributed by atoms with E-state index in [2.05, 4.69) is 10.3 Å². The molecule has 0 aliphatic carbocycles. The second-order valence-corrected chi connectivity index (χ2v) is 6.34. The molecule has 0 fully saturated rings. The van der Waals surface area contributed by atoms with Gasteiger partial charge in [0.25, 0.3) is 0 Å². The molecule has 0 bridgehead atoms. The van der Waals surface area contributed by atoms with Crippen LogP contribution in [0.5, 0.6) is 11.5 Å². The molecule has 0 amide bonds. The maximum Gasteiger partial charge on any atom is 0.308 e. The van der Waals surface area contributed by atoms with Crippen molar-refractivity contribution in [2.45, 2.75) is 20.4 Å². The van der Waals surface area contributed by atoms with Crippen molar-refractivity contribution in [3.8, 4) is 11.5 Å². The third kappa shape index (κ3) is 4.33. The van der Waals surface area contributed by atoms with E-state index in [0.717, 1.165) is 20.9 Å². The van der Waals surface area contributed by atoms with Crippen molar-refractivity contribution >= 4 is 38.6 Å². The molecule has 0 aliphatic rings. The number of para-hydroxylation sites is 1. The summed E-state index contributed by atoms with van der Waals surface area (Å²) in [5, 5.41) is 4.06. The number of benzene rings is 2. The monoisotopic (exact) mass is 356 g/mol. The number of aromatic nitrogens is 1. The number of thiazole rings is 1. The van der Waals surface area contributed by atoms with Gasteiger partial charge in [-0.1, -0.05) is 29.5 Å². The molecule has 0 saturated heterocycles. The number of carbonyl (C=O) groups is 2. The zero-order valence-corrected chi connectivity index (χ0v) is 14.6. The number of nitrogens with zero attached hydrogens (tertiary/aromatic N) is 1. The molecule has 1 heterocycles. The summed E-state index contributed by atoms with van der Waals surface area (Å²) >= 11 is 1.57. The Bertz CT molecular complexity index is 903. The first-order valence-electron chi connectivity index (χ1n) is 7.60. The predicted octanol–water partition coefficient (Wildman–Crippen LogP) is 3.76. The third-order valence-corrected chi connectivity index (χ3v) is 4.25. The molecule has 0 radical (unpaired) electrons. The summed E-state index contributed by atoms with van der Waals surface area (Å²) in [5.41, 5.74) is 1.81. The Morgan fingerprint density at radius 2 is 1.76 bits per heavy atom. The SMILES string of the molecule is CC(=O)Oc1ccc(CNc2nc3ccccc3s2)cc1OC(C)=O. The van der Waals surface area contributed by atoms with Crippen LogP contribution in [0.2, 0.25) is 0 Å². The summed E-state index contributed by atoms with van der Waals surface area (Å²) in [7, 11) is 0. The van der Waals surface area contributed by atoms with Crippen LogP contribution in [0.1, 0.15) is 19.4 Å². The third-order valence-electron chi connectivity index (χ3n) is 3.25. The Kier molecular flexibility index (Phi) is 4.95. The second kappa shape index (κ2) is 7.31. The highest BCUT2D eigenvalue weighted by Crippen LogP contribution is 2.30. The smallest absolute Gasteiger partial charge is 0.308 e. The highest BCUT2D eigenvalue weighted by Gasteiger charge is 2.11. The number of esters is 2. The molecule has 1 aromatic heterocycles. The largest absolute Gasteiger partial charge is 0.423 e. The number of ether oxygens (including phenoxy) is 2. The van der Waals surface area contributed by atoms with Crippen LogP contribution in [0.25, 0.3) is 10.2 Å². The summed E-state index contributed by atoms with van der Waals surface area (Å²) in [6.45, 7) is 3.08. The van der Waals surface area contributed by atoms with Crippen molar-refractivity contribution in [3.63, 3.8) is 0 Å². The lowest BCUT2D eigenvalue weighted by molar-refractivity contribution is -0.134. The normalized spacial score (nSPS) is 10.5. The number of rotatable bonds is 5. The van der Waals surface area contributed by atoms with Gasteiger partial charge in [0.15, 0.2) is 16.6 Å². The van der Waals surface area contributed by atoms with Crippen LogP contribution in [-0.2, 0) is 16.1 Å². The van der Waals surface area contributed by atoms with Crippen LogP contribution < -0.4 is 14.8 Å². The first-order valence-corrected chi connectivity index (χ1v) is 8.42. The maximum atomic E-state index is 11.3. The molecule has 0 saturated carbocycles. The number of carbonyl (C=O) groups excluding carboxylic acids is 2. The van der Waals surface area contributed by atoms with Gasteiger partial charge in [0.1, 0.15) is 0 Å². The van der Waals surface area contributed by atoms with E-state index in [1.807, 2.05) is 24.3 Å². The average Bonchev–Trinajstić information content (AvgIpc) is 2.97. The molecule has 0 spiro atoms. The molecule has 7 heteroatoms. The lowest BCUT2D eigenvalue weighted by atomic mass is 10.2. The molecule has 6 nitrogen and oxygen atoms in total. The second-order valence-electron chi connectivity index (χ2n) is 5.31. The zero-order valence-electron chi connectivity index (χ0n) is 13.7. The van der Waals surface area contributed by atoms with Gasteiger partial charge in [-0.2, -0.15) is 0 Å². The minimum Gasteiger partial charge on any atom is -0.423 e. The van der Waals surface area contributed by atoms with Crippen molar-refractivity contribution in [2.75, 3.05) is 5.32 Å². The standard InChI is InChI=1S/C18H16N2O4S/c1-11(21)23-15-8-7-13(9-16(15)24-12(2)22)10-19-18-20-14-5-3-4-6-17(14)25-18/h3-9H,10H2,1-2H3,(H,19,20). The summed E-state index contributed by atoms with van der Waals surface area (Å²) in [6, 6.07) is 13.0. The van der Waals surface area contributed by atoms with Crippen molar-refractivity contribution in [1.29, 1.82) is 0 Å². The molecule has 3 aromatic rings. The number of hydrogen-bond acceptors (Lipinski definition) is 7. The first-order chi connectivity index (χ1) is 12.0. The fraction of sp³-hybridized carbons (Fsp3) is 0.167. The van der Waals surface area contributed by atoms with Crippen LogP contribution in [0, 0.1) is 0 Å². The zero-order chi connectivity index (χ0) is 17.8. The highest BCUT2D eigenvalue weighted by atomic mass is 32.1. The quantitative estimate of drug-likeness (QED) is 0.554. The topological polar surface area (TPSA) is 77.5 Å². The van der Waals surface area contributed by atoms with Crippen LogP contribution in [0.15, 0.2) is 42.5 Å². The molecule has 1 N–H and O–H groups in total. The molecule has 128 valence electrons. The summed E-state index contributed by atoms with van der Waals surface area (Å²) < 4.78 is 11.3. The Morgan fingerprint density at radius 1 is 1.04 bits per heavy atom. The van der Waals surface area contributed by atoms with Gasteiger partial charge >= 0.3 is 11.9 Å². The molecule has 25 heavy (non-hydrogen) atoms. The molecule has 0 atom stereocenters. The van der Waals surface area contributed by atoms with E-state index in [0.29, 0.717) is 6.54 Å². The Hall–Kier alpha value is -2.93. The maximum absolute atomic E-state index is 11.3. The van der Waals surface area contributed by atoms with E-state index in [-0.39, 0.29) is 11.5 Å². The van der Waals surface area contributed by atoms with Gasteiger partial charge in [0.05, 0.1) is 10.2 Å². The van der Waals surface area contributed by atoms with Crippen molar-refractivity contribution in [1.82, 2.24) is 4.98 Å². The fourth-order valence-corrected chi connectivity index (χ4v) is 3.12. The number of fused-ring (bicyclic) bond motifs is 1. The first kappa shape index (κ1) is 16.9. The summed E-state index contributed by atoms with van der Waals surface area (Å²) in [5.74, 6) is -0.531. The van der Waals surface area contributed by atoms with E-state index in [9.17, 15) is 9.59 Å². The van der Waals surface area contributed by atoms with Crippen molar-refractivity contribution < 1.29 is 19.1 Å². The summed E-state index contributed by atoms with van der Waals surface area (Å²) in [6.07, 6.45) is 0. The lowest BCUT2D eigenvalue weighted by Crippen LogP contribution is -2.08. The number of nitrogens with one attached hydrogen (secondary N) is 1. The molecule has 0 aliphatic heterocycles. The van der Waals surface area contributed by atoms with E-state index in [1.54, 1.807) is 29.5 Å². The van der Waals surface area contributed by atoms with Gasteiger partial charge in [-0.3, -0.25) is 9.59 Å². The predicted molar refractivity (Wildman–Crippen MR) is 96.0 cm³/mol. The van der Waals surface area contributed by atoms with E-state index < -0.39 is 11.9 Å². The fourth-order valence-electron chi connectivity index (χ4n) is 2.26. The van der Waals surface area contributed by atoms with Crippen LogP contribution in [-0.4, -0.2) is 16.9 Å². The highest BCUT2D eigenvalue weighted by molar-refractivity contribution is 7.22. The number of anilines is 1. The van der Waals surface area contributed by atoms with Gasteiger partial charge in [-0.15, -0.1) is 0 Å². The van der Waals surface area contributed by atoms with E-state index >= 15 is 0 Å². The molecular weight excluding hydrogens is 340 g/mol. The summed E-state index contributed by atoms with van der Waals surface area (Å²) in [4.78, 5) is 26.9. The van der Waals surface area contributed by atoms with Gasteiger partial charge in [-0.25, -0.2) is 4.98 Å². The minimum absolute atomic E-state index is 0.214. The van der Waals surface area contributed by atoms with Gasteiger partial charge in [0, 0.05) is 20.4 Å². The van der Waals surface area contributed by atoms with E-state index in [1.165, 1.54) is 13.8 Å². The van der Waals surface area contributed by atoms with Crippen LogP contribution >= 0.6 is 11.3 Å². The van der Waals surface area contributed by atoms with Crippen LogP contribution in [0.4, 0.5) is 5.13 Å². The Labute approximate surface area is 148 Å². The van der Waals surface area contributed by atoms with Crippen LogP contribution in [0.3, 0.4) is 0 Å². The Morgan fingerprint density at radius 3 is 2.48 bits per heavy atom. The average molecular weight is 356 g/mol. The van der Waals surface area contributed by atoms with Gasteiger partial charge in [-0.05, 0) is 29.8 Å². The molecule has 0 unspecified atom stereocenters. The van der Waals surface area contributed by atoms with Gasteiger partial charge in [0.2, 0.25) is 0 Å². The number of hydrogen-bond donors (Lipinski definition) is 1. The molecule has 2 aromatic carbocycles.